The normalized spacial score (nSPS) is 14.5. The molecule has 2 heterocycles. The Morgan fingerprint density at radius 2 is 1.49 bits per heavy atom. The lowest BCUT2D eigenvalue weighted by molar-refractivity contribution is -0.385. The number of nitrogens with zero attached hydrogens (tertiary/aromatic N) is 3. The summed E-state index contributed by atoms with van der Waals surface area (Å²) < 4.78 is 11.5. The summed E-state index contributed by atoms with van der Waals surface area (Å²) in [5.74, 6) is -2.54. The average Bonchev–Trinajstić information content (AvgIpc) is 3.36. The first-order chi connectivity index (χ1) is 21.5. The Morgan fingerprint density at radius 3 is 2.02 bits per heavy atom. The number of hydrogen-bond donors (Lipinski definition) is 2. The van der Waals surface area contributed by atoms with Gasteiger partial charge in [-0.3, -0.25) is 34.4 Å². The predicted molar refractivity (Wildman–Crippen MR) is 165 cm³/mol. The van der Waals surface area contributed by atoms with Crippen molar-refractivity contribution in [3.05, 3.63) is 129 Å². The van der Waals surface area contributed by atoms with Crippen LogP contribution >= 0.6 is 11.3 Å². The van der Waals surface area contributed by atoms with E-state index in [1.54, 1.807) is 24.3 Å². The van der Waals surface area contributed by atoms with Gasteiger partial charge in [0.15, 0.2) is 0 Å². The van der Waals surface area contributed by atoms with Gasteiger partial charge >= 0.3 is 5.97 Å². The van der Waals surface area contributed by atoms with Gasteiger partial charge in [-0.15, -0.1) is 11.3 Å². The molecule has 0 bridgehead atoms. The molecule has 15 heteroatoms. The van der Waals surface area contributed by atoms with Gasteiger partial charge in [-0.05, 0) is 53.6 Å². The Kier molecular flexibility index (Phi) is 8.27. The van der Waals surface area contributed by atoms with E-state index in [1.165, 1.54) is 61.7 Å². The van der Waals surface area contributed by atoms with Crippen molar-refractivity contribution in [2.75, 3.05) is 19.5 Å². The van der Waals surface area contributed by atoms with Crippen molar-refractivity contribution in [2.45, 2.75) is 5.92 Å². The molecule has 0 spiro atoms. The third-order valence-corrected chi connectivity index (χ3v) is 8.09. The number of methoxy groups -OCH3 is 2. The number of benzene rings is 3. The second-order valence-electron chi connectivity index (χ2n) is 9.57. The number of nitrogens with two attached hydrogens (primary N) is 1. The van der Waals surface area contributed by atoms with E-state index in [9.17, 15) is 34.6 Å². The molecule has 0 saturated heterocycles. The maximum absolute atomic E-state index is 14.1. The molecule has 228 valence electrons. The monoisotopic (exact) mass is 629 g/mol. The second-order valence-corrected chi connectivity index (χ2v) is 10.6. The number of non-ortho nitro benzene ring substituents is 2. The molecule has 3 N–H and O–H groups in total. The van der Waals surface area contributed by atoms with Gasteiger partial charge in [0.1, 0.15) is 16.2 Å². The van der Waals surface area contributed by atoms with Crippen molar-refractivity contribution in [2.24, 2.45) is 5.73 Å². The Morgan fingerprint density at radius 1 is 0.911 bits per heavy atom. The van der Waals surface area contributed by atoms with E-state index < -0.39 is 33.2 Å². The van der Waals surface area contributed by atoms with Gasteiger partial charge in [0.05, 0.1) is 45.7 Å². The summed E-state index contributed by atoms with van der Waals surface area (Å²) in [5, 5.41) is 25.2. The third kappa shape index (κ3) is 5.79. The molecular weight excluding hydrogens is 606 g/mol. The summed E-state index contributed by atoms with van der Waals surface area (Å²) in [6, 6.07) is 17.2. The van der Waals surface area contributed by atoms with Gasteiger partial charge in [0, 0.05) is 30.0 Å². The highest BCUT2D eigenvalue weighted by molar-refractivity contribution is 7.07. The minimum absolute atomic E-state index is 0.0419. The number of hydrogen-bond acceptors (Lipinski definition) is 11. The number of thiazole rings is 1. The fourth-order valence-electron chi connectivity index (χ4n) is 4.82. The van der Waals surface area contributed by atoms with E-state index in [2.05, 4.69) is 5.32 Å². The molecule has 1 aliphatic heterocycles. The summed E-state index contributed by atoms with van der Waals surface area (Å²) in [6.45, 7) is 0. The van der Waals surface area contributed by atoms with Gasteiger partial charge < -0.3 is 20.5 Å². The molecule has 0 radical (unpaired) electrons. The molecule has 1 unspecified atom stereocenters. The molecule has 1 amide bonds. The fourth-order valence-corrected chi connectivity index (χ4v) is 5.99. The number of amides is 1. The van der Waals surface area contributed by atoms with Crippen molar-refractivity contribution in [3.63, 3.8) is 0 Å². The number of fused-ring (bicyclic) bond motifs is 1. The molecule has 0 fully saturated rings. The van der Waals surface area contributed by atoms with Gasteiger partial charge in [-0.2, -0.15) is 0 Å². The van der Waals surface area contributed by atoms with Crippen LogP contribution in [0.25, 0.3) is 17.5 Å². The van der Waals surface area contributed by atoms with Crippen LogP contribution in [0.15, 0.2) is 83.2 Å². The number of carbonyl (C=O) groups is 2. The van der Waals surface area contributed by atoms with Crippen LogP contribution < -0.4 is 30.5 Å². The van der Waals surface area contributed by atoms with Crippen LogP contribution in [-0.2, 0) is 14.3 Å². The van der Waals surface area contributed by atoms with Crippen molar-refractivity contribution in [1.29, 1.82) is 0 Å². The zero-order valence-corrected chi connectivity index (χ0v) is 24.4. The number of esters is 1. The summed E-state index contributed by atoms with van der Waals surface area (Å²) in [7, 11) is 2.61. The molecular formula is C30H23N5O9S. The highest BCUT2D eigenvalue weighted by Crippen LogP contribution is 2.38. The van der Waals surface area contributed by atoms with E-state index in [1.807, 2.05) is 0 Å². The Hall–Kier alpha value is -6.09. The first kappa shape index (κ1) is 30.4. The van der Waals surface area contributed by atoms with Gasteiger partial charge in [-0.1, -0.05) is 12.1 Å². The third-order valence-electron chi connectivity index (χ3n) is 6.98. The van der Waals surface area contributed by atoms with Crippen LogP contribution in [0.3, 0.4) is 0 Å². The van der Waals surface area contributed by atoms with E-state index in [-0.39, 0.29) is 37.5 Å². The quantitative estimate of drug-likeness (QED) is 0.166. The van der Waals surface area contributed by atoms with Crippen LogP contribution in [0.1, 0.15) is 17.0 Å². The summed E-state index contributed by atoms with van der Waals surface area (Å²) in [6.07, 6.45) is 1.48. The lowest BCUT2D eigenvalue weighted by Gasteiger charge is -2.27. The molecule has 3 aromatic carbocycles. The Bertz CT molecular complexity index is 2060. The zero-order valence-electron chi connectivity index (χ0n) is 23.6. The molecule has 0 saturated carbocycles. The molecule has 14 nitrogen and oxygen atoms in total. The number of nitro benzene ring substituents is 2. The second kappa shape index (κ2) is 12.3. The van der Waals surface area contributed by atoms with Crippen LogP contribution in [0.2, 0.25) is 0 Å². The standard InChI is InChI=1S/C30H23N5O9S/c1-43-21-13-7-18(8-14-21)32-27(36)25-23(17-5-11-20(12-6-17)35(41)42)24(30(38)44-2)26(31)33-28(37)22(45-29(25)33)15-16-3-9-19(10-4-16)34(39)40/h3-15,23H,31H2,1-2H3,(H,32,36)/b22-15+. The zero-order chi connectivity index (χ0) is 32.4. The number of anilines is 1. The summed E-state index contributed by atoms with van der Waals surface area (Å²) >= 11 is 0.921. The lowest BCUT2D eigenvalue weighted by atomic mass is 9.82. The van der Waals surface area contributed by atoms with E-state index in [0.29, 0.717) is 22.6 Å². The van der Waals surface area contributed by atoms with Gasteiger partial charge in [-0.25, -0.2) is 4.79 Å². The highest BCUT2D eigenvalue weighted by Gasteiger charge is 2.39. The molecule has 5 rings (SSSR count). The summed E-state index contributed by atoms with van der Waals surface area (Å²) in [5.41, 5.74) is 6.34. The molecule has 4 aromatic rings. The number of nitro groups is 2. The average molecular weight is 630 g/mol. The van der Waals surface area contributed by atoms with Crippen molar-refractivity contribution < 1.29 is 28.9 Å². The molecule has 1 aromatic heterocycles. The molecule has 45 heavy (non-hydrogen) atoms. The van der Waals surface area contributed by atoms with E-state index >= 15 is 0 Å². The van der Waals surface area contributed by atoms with Gasteiger partial charge in [0.2, 0.25) is 0 Å². The van der Waals surface area contributed by atoms with Crippen molar-refractivity contribution >= 4 is 57.7 Å². The molecule has 1 aliphatic rings. The number of nitrogens with one attached hydrogen (secondary N) is 1. The van der Waals surface area contributed by atoms with Crippen LogP contribution in [0.5, 0.6) is 5.75 Å². The molecule has 0 aliphatic carbocycles. The number of aromatic nitrogens is 1. The fraction of sp³-hybridized carbons (Fsp3) is 0.100. The van der Waals surface area contributed by atoms with E-state index in [0.717, 1.165) is 23.0 Å². The lowest BCUT2D eigenvalue weighted by Crippen LogP contribution is -2.42. The van der Waals surface area contributed by atoms with Crippen LogP contribution in [0.4, 0.5) is 17.1 Å². The minimum atomic E-state index is -1.19. The van der Waals surface area contributed by atoms with Gasteiger partial charge in [0.25, 0.3) is 22.8 Å². The Labute approximate surface area is 257 Å². The topological polar surface area (TPSA) is 199 Å². The van der Waals surface area contributed by atoms with Crippen molar-refractivity contribution in [3.8, 4) is 5.75 Å². The number of ether oxygens (including phenoxy) is 2. The number of rotatable bonds is 8. The SMILES string of the molecule is COC(=O)C1=C(N)n2c(s/c(=C/c3ccc([N+](=O)[O-])cc3)c2=O)=C(C(=O)Nc2ccc(OC)cc2)C1c1ccc([N+](=O)[O-])cc1. The largest absolute Gasteiger partial charge is 0.497 e. The number of carbonyl (C=O) groups excluding carboxylic acids is 2. The maximum Gasteiger partial charge on any atom is 0.338 e. The Balaban J connectivity index is 1.79. The van der Waals surface area contributed by atoms with Crippen molar-refractivity contribution in [1.82, 2.24) is 4.57 Å². The minimum Gasteiger partial charge on any atom is -0.497 e. The summed E-state index contributed by atoms with van der Waals surface area (Å²) in [4.78, 5) is 62.4. The smallest absolute Gasteiger partial charge is 0.338 e. The highest BCUT2D eigenvalue weighted by atomic mass is 32.1. The first-order valence-corrected chi connectivity index (χ1v) is 13.9. The first-order valence-electron chi connectivity index (χ1n) is 13.0. The van der Waals surface area contributed by atoms with E-state index in [4.69, 9.17) is 15.2 Å². The van der Waals surface area contributed by atoms with Crippen LogP contribution in [0, 0.1) is 20.2 Å². The predicted octanol–water partition coefficient (Wildman–Crippen LogP) is 2.45. The maximum atomic E-state index is 14.1. The van der Waals surface area contributed by atoms with Crippen LogP contribution in [-0.4, -0.2) is 40.5 Å². The molecule has 1 atom stereocenters.